The molecule has 0 aromatic heterocycles. The van der Waals surface area contributed by atoms with Crippen molar-refractivity contribution in [3.8, 4) is 0 Å². The van der Waals surface area contributed by atoms with Crippen LogP contribution < -0.4 is 5.73 Å². The van der Waals surface area contributed by atoms with E-state index in [1.807, 2.05) is 0 Å². The van der Waals surface area contributed by atoms with Crippen molar-refractivity contribution in [1.82, 2.24) is 9.21 Å². The zero-order valence-electron chi connectivity index (χ0n) is 13.3. The third-order valence-electron chi connectivity index (χ3n) is 3.95. The highest BCUT2D eigenvalue weighted by atomic mass is 32.2. The van der Waals surface area contributed by atoms with Gasteiger partial charge < -0.3 is 10.6 Å². The predicted octanol–water partition coefficient (Wildman–Crippen LogP) is 0.983. The molecule has 0 saturated carbocycles. The third kappa shape index (κ3) is 3.27. The molecule has 1 fully saturated rings. The number of rotatable bonds is 4. The summed E-state index contributed by atoms with van der Waals surface area (Å²) in [6, 6.07) is 4.75. The Hall–Kier alpha value is -1.62. The Morgan fingerprint density at radius 1 is 1.29 bits per heavy atom. The maximum atomic E-state index is 12.9. The number of nitrogens with two attached hydrogens (primary N) is 1. The maximum Gasteiger partial charge on any atom is 0.245 e. The molecule has 10 heteroatoms. The van der Waals surface area contributed by atoms with Crippen LogP contribution in [-0.2, 0) is 26.2 Å². The minimum Gasteiger partial charge on any atom is -0.340 e. The number of carbonyl (C=O) groups excluding carboxylic acids is 1. The first-order chi connectivity index (χ1) is 11.4. The molecule has 1 unspecified atom stereocenters. The van der Waals surface area contributed by atoms with Crippen LogP contribution in [0.5, 0.6) is 0 Å². The first kappa shape index (κ1) is 17.2. The summed E-state index contributed by atoms with van der Waals surface area (Å²) in [6.45, 7) is 3.05. The van der Waals surface area contributed by atoms with E-state index in [4.69, 9.17) is 5.73 Å². The highest BCUT2D eigenvalue weighted by Gasteiger charge is 2.32. The molecule has 2 N–H and O–H groups in total. The van der Waals surface area contributed by atoms with Crippen molar-refractivity contribution >= 4 is 38.7 Å². The smallest absolute Gasteiger partial charge is 0.245 e. The zero-order chi connectivity index (χ0) is 17.3. The normalized spacial score (nSPS) is 19.0. The number of fused-ring (bicyclic) bond motifs is 1. The Morgan fingerprint density at radius 3 is 2.67 bits per heavy atom. The standard InChI is InChI=1S/C14H19N5O3S2/c1-10(15)9-13(20)18-5-7-19(8-6-18)24(21,22)12-4-2-3-11-14(12)17-23-16-11/h2-4,10H,5-9,15H2,1H3. The van der Waals surface area contributed by atoms with Gasteiger partial charge in [-0.15, -0.1) is 0 Å². The lowest BCUT2D eigenvalue weighted by Crippen LogP contribution is -2.51. The second-order valence-electron chi connectivity index (χ2n) is 5.85. The topological polar surface area (TPSA) is 108 Å². The van der Waals surface area contributed by atoms with Crippen molar-refractivity contribution in [3.05, 3.63) is 18.2 Å². The van der Waals surface area contributed by atoms with Crippen LogP contribution in [0.1, 0.15) is 13.3 Å². The van der Waals surface area contributed by atoms with Crippen LogP contribution in [0.2, 0.25) is 0 Å². The van der Waals surface area contributed by atoms with Gasteiger partial charge in [0.2, 0.25) is 15.9 Å². The Balaban J connectivity index is 1.74. The minimum atomic E-state index is -3.66. The number of piperazine rings is 1. The number of carbonyl (C=O) groups is 1. The highest BCUT2D eigenvalue weighted by Crippen LogP contribution is 2.38. The summed E-state index contributed by atoms with van der Waals surface area (Å²) < 4.78 is 35.4. The van der Waals surface area contributed by atoms with Gasteiger partial charge in [-0.1, -0.05) is 6.07 Å². The van der Waals surface area contributed by atoms with Crippen LogP contribution >= 0.6 is 0 Å². The van der Waals surface area contributed by atoms with E-state index in [2.05, 4.69) is 8.73 Å². The SMILES string of the molecule is CC(N)CC(=O)N1CCN(S(=O)(=O)c2cccc3c2N=S=N3)CC1. The molecule has 1 saturated heterocycles. The monoisotopic (exact) mass is 369 g/mol. The van der Waals surface area contributed by atoms with Gasteiger partial charge in [-0.3, -0.25) is 4.79 Å². The predicted molar refractivity (Wildman–Crippen MR) is 91.6 cm³/mol. The Morgan fingerprint density at radius 2 is 2.00 bits per heavy atom. The Kier molecular flexibility index (Phi) is 4.81. The van der Waals surface area contributed by atoms with E-state index < -0.39 is 10.0 Å². The minimum absolute atomic E-state index is 0.0344. The molecule has 8 nitrogen and oxygen atoms in total. The van der Waals surface area contributed by atoms with Crippen molar-refractivity contribution in [1.29, 1.82) is 0 Å². The van der Waals surface area contributed by atoms with Gasteiger partial charge in [0, 0.05) is 38.6 Å². The molecule has 0 radical (unpaired) electrons. The van der Waals surface area contributed by atoms with Crippen LogP contribution in [0.25, 0.3) is 0 Å². The molecule has 1 amide bonds. The van der Waals surface area contributed by atoms with E-state index in [0.29, 0.717) is 24.5 Å². The fourth-order valence-corrected chi connectivity index (χ4v) is 4.89. The molecular weight excluding hydrogens is 350 g/mol. The number of nitrogens with zero attached hydrogens (tertiary/aromatic N) is 4. The van der Waals surface area contributed by atoms with Gasteiger partial charge in [-0.05, 0) is 19.1 Å². The molecule has 24 heavy (non-hydrogen) atoms. The lowest BCUT2D eigenvalue weighted by Gasteiger charge is -2.34. The van der Waals surface area contributed by atoms with Gasteiger partial charge in [0.1, 0.15) is 16.3 Å². The largest absolute Gasteiger partial charge is 0.340 e. The molecular formula is C14H19N5O3S2. The van der Waals surface area contributed by atoms with E-state index in [1.54, 1.807) is 30.0 Å². The lowest BCUT2D eigenvalue weighted by atomic mass is 10.2. The molecule has 1 aromatic carbocycles. The first-order valence-electron chi connectivity index (χ1n) is 7.64. The van der Waals surface area contributed by atoms with Crippen LogP contribution in [0.4, 0.5) is 11.4 Å². The second-order valence-corrected chi connectivity index (χ2v) is 8.29. The van der Waals surface area contributed by atoms with Crippen molar-refractivity contribution in [2.45, 2.75) is 24.3 Å². The molecule has 0 bridgehead atoms. The highest BCUT2D eigenvalue weighted by molar-refractivity contribution is 7.89. The molecule has 0 aliphatic carbocycles. The molecule has 3 rings (SSSR count). The number of benzene rings is 1. The molecule has 2 heterocycles. The Labute approximate surface area is 144 Å². The van der Waals surface area contributed by atoms with Crippen LogP contribution in [0.3, 0.4) is 0 Å². The van der Waals surface area contributed by atoms with Gasteiger partial charge in [0.05, 0.1) is 11.4 Å². The summed E-state index contributed by atoms with van der Waals surface area (Å²) in [4.78, 5) is 13.9. The van der Waals surface area contributed by atoms with Gasteiger partial charge in [-0.2, -0.15) is 13.0 Å². The van der Waals surface area contributed by atoms with Gasteiger partial charge >= 0.3 is 0 Å². The van der Waals surface area contributed by atoms with E-state index in [0.717, 1.165) is 11.4 Å². The van der Waals surface area contributed by atoms with Crippen LogP contribution in [0.15, 0.2) is 31.8 Å². The van der Waals surface area contributed by atoms with E-state index >= 15 is 0 Å². The average Bonchev–Trinajstić information content (AvgIpc) is 3.02. The van der Waals surface area contributed by atoms with Crippen molar-refractivity contribution < 1.29 is 13.2 Å². The molecule has 130 valence electrons. The lowest BCUT2D eigenvalue weighted by molar-refractivity contribution is -0.132. The van der Waals surface area contributed by atoms with Gasteiger partial charge in [0.25, 0.3) is 0 Å². The summed E-state index contributed by atoms with van der Waals surface area (Å²) in [7, 11) is -3.66. The van der Waals surface area contributed by atoms with E-state index in [-0.39, 0.29) is 36.4 Å². The van der Waals surface area contributed by atoms with Crippen molar-refractivity contribution in [2.24, 2.45) is 14.5 Å². The van der Waals surface area contributed by atoms with Crippen molar-refractivity contribution in [3.63, 3.8) is 0 Å². The zero-order valence-corrected chi connectivity index (χ0v) is 14.9. The summed E-state index contributed by atoms with van der Waals surface area (Å²) in [5.41, 5.74) is 6.63. The second kappa shape index (κ2) is 6.71. The van der Waals surface area contributed by atoms with Crippen LogP contribution in [-0.4, -0.2) is 55.8 Å². The number of sulfonamides is 1. The number of hydrogen-bond acceptors (Lipinski definition) is 6. The Bertz CT molecular complexity index is 823. The first-order valence-corrected chi connectivity index (χ1v) is 9.81. The fourth-order valence-electron chi connectivity index (χ4n) is 2.71. The van der Waals surface area contributed by atoms with E-state index in [9.17, 15) is 13.2 Å². The summed E-state index contributed by atoms with van der Waals surface area (Å²) in [5, 5.41) is 0. The molecule has 0 spiro atoms. The maximum absolute atomic E-state index is 12.9. The number of hydrogen-bond donors (Lipinski definition) is 1. The molecule has 2 aliphatic heterocycles. The summed E-state index contributed by atoms with van der Waals surface area (Å²) in [5.74, 6) is -0.0344. The van der Waals surface area contributed by atoms with E-state index in [1.165, 1.54) is 4.31 Å². The molecule has 1 aromatic rings. The summed E-state index contributed by atoms with van der Waals surface area (Å²) in [6.07, 6.45) is 0.274. The van der Waals surface area contributed by atoms with Crippen LogP contribution in [0, 0.1) is 0 Å². The quantitative estimate of drug-likeness (QED) is 0.866. The number of amides is 1. The fraction of sp³-hybridized carbons (Fsp3) is 0.500. The third-order valence-corrected chi connectivity index (χ3v) is 6.43. The average molecular weight is 369 g/mol. The van der Waals surface area contributed by atoms with Gasteiger partial charge in [0.15, 0.2) is 0 Å². The molecule has 2 aliphatic rings. The summed E-state index contributed by atoms with van der Waals surface area (Å²) >= 11 is 0.992. The van der Waals surface area contributed by atoms with Crippen molar-refractivity contribution in [2.75, 3.05) is 26.2 Å². The van der Waals surface area contributed by atoms with Gasteiger partial charge in [-0.25, -0.2) is 8.42 Å². The molecule has 1 atom stereocenters.